The zero-order valence-corrected chi connectivity index (χ0v) is 14.2. The van der Waals surface area contributed by atoms with Crippen LogP contribution in [0.4, 0.5) is 4.79 Å². The molecule has 1 amide bonds. The van der Waals surface area contributed by atoms with Crippen molar-refractivity contribution in [2.75, 3.05) is 7.11 Å². The van der Waals surface area contributed by atoms with Gasteiger partial charge in [0.15, 0.2) is 0 Å². The van der Waals surface area contributed by atoms with Crippen LogP contribution in [0.1, 0.15) is 34.6 Å². The first kappa shape index (κ1) is 19.1. The summed E-state index contributed by atoms with van der Waals surface area (Å²) in [6, 6.07) is -0.772. The van der Waals surface area contributed by atoms with Crippen LogP contribution in [0.2, 0.25) is 0 Å². The number of aliphatic hydroxyl groups excluding tert-OH is 1. The molecule has 0 aromatic carbocycles. The molecule has 1 aliphatic rings. The molecular formula is C14H24N2O7. The Morgan fingerprint density at radius 1 is 1.26 bits per heavy atom. The number of methoxy groups -OCH3 is 1. The number of aliphatic hydroxyl groups is 1. The highest BCUT2D eigenvalue weighted by Crippen LogP contribution is 2.46. The van der Waals surface area contributed by atoms with Gasteiger partial charge >= 0.3 is 12.1 Å². The average Bonchev–Trinajstić information content (AvgIpc) is 3.07. The molecular weight excluding hydrogens is 308 g/mol. The first-order valence-electron chi connectivity index (χ1n) is 7.23. The number of amides is 1. The van der Waals surface area contributed by atoms with E-state index in [1.807, 2.05) is 0 Å². The van der Waals surface area contributed by atoms with Crippen LogP contribution in [0.15, 0.2) is 0 Å². The minimum absolute atomic E-state index is 0.616. The van der Waals surface area contributed by atoms with Gasteiger partial charge in [-0.25, -0.2) is 4.79 Å². The van der Waals surface area contributed by atoms with E-state index in [4.69, 9.17) is 4.74 Å². The van der Waals surface area contributed by atoms with Crippen molar-refractivity contribution in [2.24, 2.45) is 11.8 Å². The van der Waals surface area contributed by atoms with Crippen molar-refractivity contribution in [3.63, 3.8) is 0 Å². The zero-order valence-electron chi connectivity index (χ0n) is 14.2. The van der Waals surface area contributed by atoms with Crippen molar-refractivity contribution < 1.29 is 29.1 Å². The monoisotopic (exact) mass is 332 g/mol. The highest BCUT2D eigenvalue weighted by Gasteiger charge is 2.65. The molecule has 132 valence electrons. The molecule has 23 heavy (non-hydrogen) atoms. The zero-order chi connectivity index (χ0) is 18.2. The molecule has 9 heteroatoms. The Bertz CT molecular complexity index is 498. The van der Waals surface area contributed by atoms with Crippen LogP contribution in [-0.4, -0.2) is 52.5 Å². The minimum atomic E-state index is -1.67. The van der Waals surface area contributed by atoms with Crippen molar-refractivity contribution >= 4 is 12.1 Å². The molecule has 1 fully saturated rings. The van der Waals surface area contributed by atoms with Gasteiger partial charge in [-0.15, -0.1) is 0 Å². The quantitative estimate of drug-likeness (QED) is 0.431. The highest BCUT2D eigenvalue weighted by molar-refractivity contribution is 5.80. The third kappa shape index (κ3) is 4.31. The Balaban J connectivity index is 2.87. The van der Waals surface area contributed by atoms with Gasteiger partial charge in [-0.05, 0) is 20.8 Å². The average molecular weight is 332 g/mol. The molecule has 1 aliphatic carbocycles. The van der Waals surface area contributed by atoms with Crippen molar-refractivity contribution in [3.05, 3.63) is 10.1 Å². The van der Waals surface area contributed by atoms with E-state index in [0.717, 1.165) is 0 Å². The van der Waals surface area contributed by atoms with E-state index >= 15 is 0 Å². The van der Waals surface area contributed by atoms with E-state index < -0.39 is 52.1 Å². The molecule has 0 aliphatic heterocycles. The molecule has 4 atom stereocenters. The van der Waals surface area contributed by atoms with Gasteiger partial charge in [-0.1, -0.05) is 0 Å². The fraction of sp³-hybridized carbons (Fsp3) is 0.857. The Labute approximate surface area is 134 Å². The number of hydrogen-bond donors (Lipinski definition) is 2. The van der Waals surface area contributed by atoms with Gasteiger partial charge in [0.1, 0.15) is 11.7 Å². The number of hydrogen-bond acceptors (Lipinski definition) is 7. The van der Waals surface area contributed by atoms with Crippen LogP contribution in [0, 0.1) is 22.0 Å². The number of nitro groups is 1. The molecule has 0 unspecified atom stereocenters. The second-order valence-corrected chi connectivity index (χ2v) is 7.15. The smallest absolute Gasteiger partial charge is 0.407 e. The summed E-state index contributed by atoms with van der Waals surface area (Å²) in [5.74, 6) is -2.30. The Morgan fingerprint density at radius 3 is 2.17 bits per heavy atom. The van der Waals surface area contributed by atoms with Crippen LogP contribution in [-0.2, 0) is 14.3 Å². The molecule has 0 aromatic heterocycles. The molecule has 0 aromatic rings. The third-order valence-electron chi connectivity index (χ3n) is 3.79. The predicted octanol–water partition coefficient (Wildman–Crippen LogP) is 0.715. The Hall–Kier alpha value is -1.90. The summed E-state index contributed by atoms with van der Waals surface area (Å²) in [5.41, 5.74) is -2.39. The largest absolute Gasteiger partial charge is 0.469 e. The second kappa shape index (κ2) is 6.31. The number of rotatable bonds is 5. The van der Waals surface area contributed by atoms with Crippen molar-refractivity contribution in [3.8, 4) is 0 Å². The van der Waals surface area contributed by atoms with Gasteiger partial charge in [-0.3, -0.25) is 14.9 Å². The second-order valence-electron chi connectivity index (χ2n) is 7.15. The van der Waals surface area contributed by atoms with E-state index in [1.54, 1.807) is 20.8 Å². The number of esters is 1. The third-order valence-corrected chi connectivity index (χ3v) is 3.79. The van der Waals surface area contributed by atoms with E-state index in [2.05, 4.69) is 10.1 Å². The normalized spacial score (nSPS) is 25.3. The van der Waals surface area contributed by atoms with Gasteiger partial charge in [0, 0.05) is 24.7 Å². The lowest BCUT2D eigenvalue weighted by Gasteiger charge is -2.23. The van der Waals surface area contributed by atoms with Crippen LogP contribution >= 0.6 is 0 Å². The van der Waals surface area contributed by atoms with Gasteiger partial charge in [0.2, 0.25) is 5.54 Å². The minimum Gasteiger partial charge on any atom is -0.469 e. The fourth-order valence-electron chi connectivity index (χ4n) is 2.38. The van der Waals surface area contributed by atoms with E-state index in [9.17, 15) is 24.8 Å². The van der Waals surface area contributed by atoms with Crippen molar-refractivity contribution in [1.82, 2.24) is 5.32 Å². The van der Waals surface area contributed by atoms with Gasteiger partial charge in [0.25, 0.3) is 0 Å². The molecule has 0 spiro atoms. The highest BCUT2D eigenvalue weighted by atomic mass is 16.6. The molecule has 2 N–H and O–H groups in total. The summed E-state index contributed by atoms with van der Waals surface area (Å²) in [5, 5.41) is 23.8. The summed E-state index contributed by atoms with van der Waals surface area (Å²) in [6.07, 6.45) is -2.19. The van der Waals surface area contributed by atoms with E-state index in [1.165, 1.54) is 21.0 Å². The van der Waals surface area contributed by atoms with E-state index in [0.29, 0.717) is 0 Å². The van der Waals surface area contributed by atoms with Gasteiger partial charge in [-0.2, -0.15) is 0 Å². The first-order valence-corrected chi connectivity index (χ1v) is 7.23. The molecule has 0 radical (unpaired) electrons. The molecule has 1 saturated carbocycles. The standard InChI is InChI=1S/C14H24N2O7/c1-13(2,3)23-12(19)15-9-7(8(9)11(18)22-6)10(17)14(4,5)16(20)21/h7-10,17H,1-6H3,(H,15,19)/t7-,8-,9-,10+/m0/s1. The predicted molar refractivity (Wildman–Crippen MR) is 79.2 cm³/mol. The number of carbonyl (C=O) groups is 2. The SMILES string of the molecule is COC(=O)[C@@H]1[C@@H](NC(=O)OC(C)(C)C)[C@H]1[C@@H](O)C(C)(C)[N+](=O)[O-]. The maximum Gasteiger partial charge on any atom is 0.407 e. The summed E-state index contributed by atoms with van der Waals surface area (Å²) in [6.45, 7) is 7.56. The number of nitrogens with one attached hydrogen (secondary N) is 1. The maximum absolute atomic E-state index is 11.8. The summed E-state index contributed by atoms with van der Waals surface area (Å²) in [4.78, 5) is 34.0. The van der Waals surface area contributed by atoms with Gasteiger partial charge < -0.3 is 19.9 Å². The Kier molecular flexibility index (Phi) is 5.25. The summed E-state index contributed by atoms with van der Waals surface area (Å²) < 4.78 is 9.72. The van der Waals surface area contributed by atoms with Crippen molar-refractivity contribution in [1.29, 1.82) is 0 Å². The number of carbonyl (C=O) groups excluding carboxylic acids is 2. The number of alkyl carbamates (subject to hydrolysis) is 1. The lowest BCUT2D eigenvalue weighted by atomic mass is 9.93. The van der Waals surface area contributed by atoms with Crippen molar-refractivity contribution in [2.45, 2.75) is 57.9 Å². The molecule has 9 nitrogen and oxygen atoms in total. The maximum atomic E-state index is 11.8. The molecule has 0 bridgehead atoms. The Morgan fingerprint density at radius 2 is 1.78 bits per heavy atom. The van der Waals surface area contributed by atoms with Crippen LogP contribution in [0.5, 0.6) is 0 Å². The summed E-state index contributed by atoms with van der Waals surface area (Å²) >= 11 is 0. The number of ether oxygens (including phenoxy) is 2. The van der Waals surface area contributed by atoms with Crippen LogP contribution < -0.4 is 5.32 Å². The number of nitrogens with zero attached hydrogens (tertiary/aromatic N) is 1. The lowest BCUT2D eigenvalue weighted by Crippen LogP contribution is -2.46. The molecule has 1 rings (SSSR count). The molecule has 0 saturated heterocycles. The topological polar surface area (TPSA) is 128 Å². The molecule has 0 heterocycles. The first-order chi connectivity index (χ1) is 10.3. The fourth-order valence-corrected chi connectivity index (χ4v) is 2.38. The lowest BCUT2D eigenvalue weighted by molar-refractivity contribution is -0.574. The van der Waals surface area contributed by atoms with E-state index in [-0.39, 0.29) is 0 Å². The van der Waals surface area contributed by atoms with Crippen LogP contribution in [0.3, 0.4) is 0 Å². The summed E-state index contributed by atoms with van der Waals surface area (Å²) in [7, 11) is 1.17. The van der Waals surface area contributed by atoms with Crippen LogP contribution in [0.25, 0.3) is 0 Å². The van der Waals surface area contributed by atoms with Gasteiger partial charge in [0.05, 0.1) is 19.1 Å².